The third-order valence-corrected chi connectivity index (χ3v) is 1.64. The van der Waals surface area contributed by atoms with Crippen molar-refractivity contribution in [1.82, 2.24) is 0 Å². The fraction of sp³-hybridized carbons (Fsp3) is 1.00. The first-order valence-electron chi connectivity index (χ1n) is 3.12. The normalized spacial score (nSPS) is 11.0. The van der Waals surface area contributed by atoms with Crippen LogP contribution in [0.15, 0.2) is 5.18 Å². The molecule has 0 radical (unpaired) electrons. The van der Waals surface area contributed by atoms with Gasteiger partial charge in [-0.2, -0.15) is 0 Å². The SMILES string of the molecule is CCC(CC)(N=O)[N+](=O)[O-]. The van der Waals surface area contributed by atoms with Crippen molar-refractivity contribution in [1.29, 1.82) is 0 Å². The number of nitroso groups, excluding NO2 is 1. The minimum absolute atomic E-state index is 0.153. The Morgan fingerprint density at radius 1 is 1.50 bits per heavy atom. The molecule has 0 atom stereocenters. The Balaban J connectivity index is 4.46. The number of nitrogens with zero attached hydrogens (tertiary/aromatic N) is 2. The Labute approximate surface area is 58.5 Å². The lowest BCUT2D eigenvalue weighted by Gasteiger charge is -2.12. The molecule has 0 bridgehead atoms. The molecule has 0 unspecified atom stereocenters. The summed E-state index contributed by atoms with van der Waals surface area (Å²) in [5.41, 5.74) is -1.58. The van der Waals surface area contributed by atoms with Gasteiger partial charge in [-0.3, -0.25) is 10.1 Å². The zero-order chi connectivity index (χ0) is 8.20. The van der Waals surface area contributed by atoms with E-state index >= 15 is 0 Å². The third kappa shape index (κ3) is 1.29. The molecule has 0 rings (SSSR count). The van der Waals surface area contributed by atoms with Crippen LogP contribution in [0.2, 0.25) is 0 Å². The molecule has 0 aliphatic carbocycles. The van der Waals surface area contributed by atoms with E-state index in [4.69, 9.17) is 0 Å². The second-order valence-electron chi connectivity index (χ2n) is 2.04. The van der Waals surface area contributed by atoms with Crippen LogP contribution in [0.5, 0.6) is 0 Å². The molecule has 0 aliphatic rings. The van der Waals surface area contributed by atoms with Crippen LogP contribution in [0.4, 0.5) is 0 Å². The lowest BCUT2D eigenvalue weighted by molar-refractivity contribution is -0.569. The van der Waals surface area contributed by atoms with E-state index in [1.54, 1.807) is 13.8 Å². The highest BCUT2D eigenvalue weighted by molar-refractivity contribution is 4.71. The van der Waals surface area contributed by atoms with Gasteiger partial charge < -0.3 is 0 Å². The highest BCUT2D eigenvalue weighted by atomic mass is 16.6. The first-order chi connectivity index (χ1) is 4.63. The van der Waals surface area contributed by atoms with E-state index in [0.29, 0.717) is 0 Å². The van der Waals surface area contributed by atoms with Crippen molar-refractivity contribution in [3.8, 4) is 0 Å². The van der Waals surface area contributed by atoms with Gasteiger partial charge in [0.25, 0.3) is 0 Å². The molecule has 0 aromatic rings. The largest absolute Gasteiger partial charge is 0.347 e. The number of rotatable bonds is 4. The molecule has 0 spiro atoms. The van der Waals surface area contributed by atoms with E-state index in [9.17, 15) is 15.0 Å². The average molecular weight is 146 g/mol. The topological polar surface area (TPSA) is 72.6 Å². The third-order valence-electron chi connectivity index (χ3n) is 1.64. The molecule has 5 heteroatoms. The Kier molecular flexibility index (Phi) is 2.92. The van der Waals surface area contributed by atoms with E-state index in [-0.39, 0.29) is 12.8 Å². The highest BCUT2D eigenvalue weighted by Crippen LogP contribution is 2.19. The van der Waals surface area contributed by atoms with Crippen molar-refractivity contribution in [2.75, 3.05) is 0 Å². The number of hydrogen-bond donors (Lipinski definition) is 0. The van der Waals surface area contributed by atoms with Crippen molar-refractivity contribution < 1.29 is 4.92 Å². The summed E-state index contributed by atoms with van der Waals surface area (Å²) in [7, 11) is 0. The molecular formula is C5H10N2O3. The van der Waals surface area contributed by atoms with Crippen molar-refractivity contribution in [3.63, 3.8) is 0 Å². The summed E-state index contributed by atoms with van der Waals surface area (Å²) in [4.78, 5) is 19.6. The Morgan fingerprint density at radius 2 is 1.90 bits per heavy atom. The Hall–Kier alpha value is -1.00. The van der Waals surface area contributed by atoms with E-state index in [0.717, 1.165) is 0 Å². The summed E-state index contributed by atoms with van der Waals surface area (Å²) in [6, 6.07) is 0. The monoisotopic (exact) mass is 146 g/mol. The number of hydrogen-bond acceptors (Lipinski definition) is 4. The van der Waals surface area contributed by atoms with Crippen LogP contribution in [0.3, 0.4) is 0 Å². The second-order valence-corrected chi connectivity index (χ2v) is 2.04. The molecule has 5 nitrogen and oxygen atoms in total. The van der Waals surface area contributed by atoms with Crippen molar-refractivity contribution >= 4 is 0 Å². The van der Waals surface area contributed by atoms with Crippen molar-refractivity contribution in [2.24, 2.45) is 5.18 Å². The zero-order valence-electron chi connectivity index (χ0n) is 6.03. The minimum Gasteiger partial charge on any atom is -0.262 e. The standard InChI is InChI=1S/C5H10N2O3/c1-3-5(4-2,6-8)7(9)10/h3-4H2,1-2H3. The number of nitro groups is 1. The van der Waals surface area contributed by atoms with Gasteiger partial charge in [0.1, 0.15) is 0 Å². The van der Waals surface area contributed by atoms with Gasteiger partial charge in [0.2, 0.25) is 0 Å². The van der Waals surface area contributed by atoms with Gasteiger partial charge in [-0.25, -0.2) is 0 Å². The lowest BCUT2D eigenvalue weighted by atomic mass is 10.1. The highest BCUT2D eigenvalue weighted by Gasteiger charge is 2.40. The molecule has 0 fully saturated rings. The zero-order valence-corrected chi connectivity index (χ0v) is 6.03. The van der Waals surface area contributed by atoms with Crippen LogP contribution < -0.4 is 0 Å². The molecular weight excluding hydrogens is 136 g/mol. The van der Waals surface area contributed by atoms with Gasteiger partial charge in [-0.1, -0.05) is 13.8 Å². The van der Waals surface area contributed by atoms with E-state index < -0.39 is 10.6 Å². The van der Waals surface area contributed by atoms with E-state index in [2.05, 4.69) is 5.18 Å². The predicted octanol–water partition coefficient (Wildman–Crippen LogP) is 1.55. The van der Waals surface area contributed by atoms with Gasteiger partial charge in [0, 0.05) is 18.0 Å². The molecule has 10 heavy (non-hydrogen) atoms. The molecule has 0 aliphatic heterocycles. The van der Waals surface area contributed by atoms with Gasteiger partial charge in [-0.15, -0.1) is 4.91 Å². The average Bonchev–Trinajstić information content (AvgIpc) is 1.92. The molecule has 58 valence electrons. The maximum Gasteiger partial charge on any atom is 0.347 e. The van der Waals surface area contributed by atoms with Gasteiger partial charge in [-0.05, 0) is 0 Å². The molecule has 0 heterocycles. The van der Waals surface area contributed by atoms with Crippen LogP contribution >= 0.6 is 0 Å². The maximum atomic E-state index is 10.2. The van der Waals surface area contributed by atoms with Crippen molar-refractivity contribution in [2.45, 2.75) is 32.4 Å². The molecule has 0 amide bonds. The summed E-state index contributed by atoms with van der Waals surface area (Å²) in [6.07, 6.45) is 0.306. The predicted molar refractivity (Wildman–Crippen MR) is 36.1 cm³/mol. The second kappa shape index (κ2) is 3.24. The molecule has 0 N–H and O–H groups in total. The summed E-state index contributed by atoms with van der Waals surface area (Å²) < 4.78 is 0. The van der Waals surface area contributed by atoms with E-state index in [1.807, 2.05) is 0 Å². The summed E-state index contributed by atoms with van der Waals surface area (Å²) in [6.45, 7) is 3.15. The quantitative estimate of drug-likeness (QED) is 0.343. The lowest BCUT2D eigenvalue weighted by Crippen LogP contribution is -2.33. The first-order valence-corrected chi connectivity index (χ1v) is 3.12. The first kappa shape index (κ1) is 9.00. The molecule has 0 aromatic heterocycles. The van der Waals surface area contributed by atoms with Crippen LogP contribution in [0.1, 0.15) is 26.7 Å². The summed E-state index contributed by atoms with van der Waals surface area (Å²) >= 11 is 0. The summed E-state index contributed by atoms with van der Waals surface area (Å²) in [5, 5.41) is 12.7. The Bertz CT molecular complexity index is 142. The van der Waals surface area contributed by atoms with Crippen LogP contribution in [-0.2, 0) is 0 Å². The smallest absolute Gasteiger partial charge is 0.262 e. The minimum atomic E-state index is -1.58. The van der Waals surface area contributed by atoms with Gasteiger partial charge in [0.15, 0.2) is 0 Å². The maximum absolute atomic E-state index is 10.2. The fourth-order valence-corrected chi connectivity index (χ4v) is 0.671. The summed E-state index contributed by atoms with van der Waals surface area (Å²) in [5.74, 6) is 0. The van der Waals surface area contributed by atoms with Gasteiger partial charge in [0.05, 0.1) is 4.92 Å². The van der Waals surface area contributed by atoms with Crippen LogP contribution in [-0.4, -0.2) is 10.6 Å². The van der Waals surface area contributed by atoms with Crippen molar-refractivity contribution in [3.05, 3.63) is 15.0 Å². The molecule has 0 aromatic carbocycles. The molecule has 0 saturated carbocycles. The van der Waals surface area contributed by atoms with Crippen LogP contribution in [0, 0.1) is 15.0 Å². The Morgan fingerprint density at radius 3 is 1.90 bits per heavy atom. The molecule has 0 saturated heterocycles. The van der Waals surface area contributed by atoms with Crippen LogP contribution in [0.25, 0.3) is 0 Å². The van der Waals surface area contributed by atoms with E-state index in [1.165, 1.54) is 0 Å². The van der Waals surface area contributed by atoms with Gasteiger partial charge >= 0.3 is 5.66 Å². The fourth-order valence-electron chi connectivity index (χ4n) is 0.671.